The molecule has 3 aromatic carbocycles. The second kappa shape index (κ2) is 8.55. The number of benzene rings is 3. The summed E-state index contributed by atoms with van der Waals surface area (Å²) < 4.78 is 0. The SMILES string of the molecule is CCCCCSC1=NN2C(=c3ccccc3=N[C@@H]2c2ccc3ccccc3c2)C(=O)N1. The highest BCUT2D eigenvalue weighted by atomic mass is 32.2. The van der Waals surface area contributed by atoms with Crippen LogP contribution in [0.1, 0.15) is 37.9 Å². The maximum absolute atomic E-state index is 13.2. The van der Waals surface area contributed by atoms with Crippen molar-refractivity contribution in [3.05, 3.63) is 82.9 Å². The summed E-state index contributed by atoms with van der Waals surface area (Å²) in [5, 5.41) is 14.2. The Morgan fingerprint density at radius 3 is 2.68 bits per heavy atom. The van der Waals surface area contributed by atoms with Gasteiger partial charge in [-0.15, -0.1) is 5.10 Å². The molecule has 0 spiro atoms. The van der Waals surface area contributed by atoms with Gasteiger partial charge in [0.25, 0.3) is 5.91 Å². The molecule has 2 heterocycles. The van der Waals surface area contributed by atoms with E-state index in [9.17, 15) is 4.79 Å². The molecule has 31 heavy (non-hydrogen) atoms. The van der Waals surface area contributed by atoms with E-state index in [0.717, 1.165) is 33.7 Å². The second-order valence-corrected chi connectivity index (χ2v) is 8.82. The van der Waals surface area contributed by atoms with Crippen molar-refractivity contribution in [3.8, 4) is 0 Å². The largest absolute Gasteiger partial charge is 0.298 e. The van der Waals surface area contributed by atoms with Gasteiger partial charge in [-0.2, -0.15) is 0 Å². The number of rotatable bonds is 5. The summed E-state index contributed by atoms with van der Waals surface area (Å²) in [6.45, 7) is 2.19. The monoisotopic (exact) mass is 428 g/mol. The van der Waals surface area contributed by atoms with Gasteiger partial charge < -0.3 is 0 Å². The minimum Gasteiger partial charge on any atom is -0.298 e. The van der Waals surface area contributed by atoms with Gasteiger partial charge >= 0.3 is 0 Å². The van der Waals surface area contributed by atoms with Crippen LogP contribution in [0.4, 0.5) is 0 Å². The van der Waals surface area contributed by atoms with E-state index in [4.69, 9.17) is 10.1 Å². The van der Waals surface area contributed by atoms with Crippen molar-refractivity contribution in [1.82, 2.24) is 10.3 Å². The molecule has 5 nitrogen and oxygen atoms in total. The molecule has 3 aromatic rings. The van der Waals surface area contributed by atoms with Crippen LogP contribution < -0.4 is 15.9 Å². The number of thioether (sulfide) groups is 1. The molecule has 2 aliphatic rings. The molecular formula is C25H24N4OS. The van der Waals surface area contributed by atoms with E-state index in [2.05, 4.69) is 42.6 Å². The molecule has 6 heteroatoms. The minimum atomic E-state index is -0.383. The van der Waals surface area contributed by atoms with Crippen LogP contribution in [0.15, 0.2) is 76.8 Å². The number of para-hydroxylation sites is 1. The molecule has 0 saturated heterocycles. The van der Waals surface area contributed by atoms with E-state index in [1.165, 1.54) is 18.2 Å². The molecule has 0 unspecified atom stereocenters. The Balaban J connectivity index is 1.60. The molecule has 0 aliphatic carbocycles. The zero-order chi connectivity index (χ0) is 21.2. The lowest BCUT2D eigenvalue weighted by Gasteiger charge is -2.34. The lowest BCUT2D eigenvalue weighted by atomic mass is 10.0. The third kappa shape index (κ3) is 3.83. The van der Waals surface area contributed by atoms with Gasteiger partial charge in [0.05, 0.1) is 5.36 Å². The lowest BCUT2D eigenvalue weighted by Crippen LogP contribution is -2.50. The Labute approximate surface area is 185 Å². The standard InChI is InChI=1S/C25H24N4OS/c1-2-3-8-15-31-25-27-24(30)22-20-11-6-7-12-21(20)26-23(29(22)28-25)19-14-13-17-9-4-5-10-18(17)16-19/h4-7,9-14,16,23H,2-3,8,15H2,1H3,(H,27,28,30)/t23-/m0/s1. The minimum absolute atomic E-state index is 0.124. The highest BCUT2D eigenvalue weighted by Crippen LogP contribution is 2.32. The molecule has 1 atom stereocenters. The molecule has 0 fully saturated rings. The van der Waals surface area contributed by atoms with E-state index in [1.807, 2.05) is 36.4 Å². The number of hydrazone groups is 1. The van der Waals surface area contributed by atoms with E-state index in [0.29, 0.717) is 10.9 Å². The van der Waals surface area contributed by atoms with Crippen LogP contribution in [0.2, 0.25) is 0 Å². The maximum atomic E-state index is 13.2. The Morgan fingerprint density at radius 2 is 1.81 bits per heavy atom. The maximum Gasteiger partial charge on any atom is 0.276 e. The summed E-state index contributed by atoms with van der Waals surface area (Å²) >= 11 is 1.60. The molecule has 2 aliphatic heterocycles. The van der Waals surface area contributed by atoms with E-state index >= 15 is 0 Å². The van der Waals surface area contributed by atoms with Crippen LogP contribution in [0, 0.1) is 0 Å². The average molecular weight is 429 g/mol. The van der Waals surface area contributed by atoms with Crippen molar-refractivity contribution in [1.29, 1.82) is 0 Å². The number of amides is 1. The summed E-state index contributed by atoms with van der Waals surface area (Å²) in [5.41, 5.74) is 1.57. The van der Waals surface area contributed by atoms with E-state index in [1.54, 1.807) is 16.8 Å². The zero-order valence-corrected chi connectivity index (χ0v) is 18.2. The molecule has 5 rings (SSSR count). The molecule has 0 saturated carbocycles. The summed E-state index contributed by atoms with van der Waals surface area (Å²) in [4.78, 5) is 18.1. The average Bonchev–Trinajstić information content (AvgIpc) is 2.81. The second-order valence-electron chi connectivity index (χ2n) is 7.73. The van der Waals surface area contributed by atoms with Crippen LogP contribution in [0.5, 0.6) is 0 Å². The highest BCUT2D eigenvalue weighted by molar-refractivity contribution is 8.13. The number of hydrogen-bond acceptors (Lipinski definition) is 5. The predicted octanol–water partition coefficient (Wildman–Crippen LogP) is 3.91. The van der Waals surface area contributed by atoms with Crippen molar-refractivity contribution in [2.24, 2.45) is 10.1 Å². The quantitative estimate of drug-likeness (QED) is 0.627. The first kappa shape index (κ1) is 19.8. The van der Waals surface area contributed by atoms with Crippen molar-refractivity contribution >= 4 is 39.3 Å². The number of hydrogen-bond donors (Lipinski definition) is 1. The third-order valence-electron chi connectivity index (χ3n) is 5.57. The molecule has 156 valence electrons. The van der Waals surface area contributed by atoms with Crippen molar-refractivity contribution in [2.45, 2.75) is 32.4 Å². The van der Waals surface area contributed by atoms with Gasteiger partial charge in [-0.25, -0.2) is 5.01 Å². The van der Waals surface area contributed by atoms with Crippen LogP contribution in [-0.2, 0) is 4.79 Å². The Hall–Kier alpha value is -3.12. The van der Waals surface area contributed by atoms with Crippen LogP contribution in [0.25, 0.3) is 16.5 Å². The number of carbonyl (C=O) groups is 1. The third-order valence-corrected chi connectivity index (χ3v) is 6.52. The van der Waals surface area contributed by atoms with Gasteiger partial charge in [-0.3, -0.25) is 15.1 Å². The zero-order valence-electron chi connectivity index (χ0n) is 17.4. The van der Waals surface area contributed by atoms with Crippen molar-refractivity contribution < 1.29 is 4.79 Å². The normalized spacial score (nSPS) is 17.5. The first-order valence-electron chi connectivity index (χ1n) is 10.7. The first-order valence-corrected chi connectivity index (χ1v) is 11.7. The van der Waals surface area contributed by atoms with Crippen LogP contribution >= 0.6 is 11.8 Å². The van der Waals surface area contributed by atoms with Gasteiger partial charge in [-0.1, -0.05) is 86.1 Å². The summed E-state index contributed by atoms with van der Waals surface area (Å²) in [6, 6.07) is 22.4. The van der Waals surface area contributed by atoms with E-state index < -0.39 is 0 Å². The summed E-state index contributed by atoms with van der Waals surface area (Å²) in [7, 11) is 0. The summed E-state index contributed by atoms with van der Waals surface area (Å²) in [5.74, 6) is 0.811. The van der Waals surface area contributed by atoms with Gasteiger partial charge in [0.15, 0.2) is 11.3 Å². The molecule has 1 N–H and O–H groups in total. The fraction of sp³-hybridized carbons (Fsp3) is 0.240. The highest BCUT2D eigenvalue weighted by Gasteiger charge is 2.34. The Morgan fingerprint density at radius 1 is 1.00 bits per heavy atom. The smallest absolute Gasteiger partial charge is 0.276 e. The van der Waals surface area contributed by atoms with Crippen molar-refractivity contribution in [2.75, 3.05) is 5.75 Å². The Bertz CT molecular complexity index is 1300. The van der Waals surface area contributed by atoms with Gasteiger partial charge in [0, 0.05) is 11.0 Å². The van der Waals surface area contributed by atoms with Gasteiger partial charge in [-0.05, 0) is 34.9 Å². The fourth-order valence-electron chi connectivity index (χ4n) is 4.00. The number of fused-ring (bicyclic) bond motifs is 3. The first-order chi connectivity index (χ1) is 15.2. The summed E-state index contributed by atoms with van der Waals surface area (Å²) in [6.07, 6.45) is 3.07. The molecular weight excluding hydrogens is 404 g/mol. The predicted molar refractivity (Wildman–Crippen MR) is 127 cm³/mol. The molecule has 1 amide bonds. The molecule has 0 bridgehead atoms. The number of nitrogens with zero attached hydrogens (tertiary/aromatic N) is 3. The fourth-order valence-corrected chi connectivity index (χ4v) is 4.85. The van der Waals surface area contributed by atoms with Gasteiger partial charge in [0.2, 0.25) is 0 Å². The number of unbranched alkanes of at least 4 members (excludes halogenated alkanes) is 2. The topological polar surface area (TPSA) is 57.1 Å². The van der Waals surface area contributed by atoms with E-state index in [-0.39, 0.29) is 12.1 Å². The van der Waals surface area contributed by atoms with Crippen LogP contribution in [0.3, 0.4) is 0 Å². The Kier molecular flexibility index (Phi) is 5.47. The number of amidine groups is 1. The number of carbonyl (C=O) groups excluding carboxylic acids is 1. The number of nitrogens with one attached hydrogen (secondary N) is 1. The molecule has 0 aromatic heterocycles. The van der Waals surface area contributed by atoms with Gasteiger partial charge in [0.1, 0.15) is 5.70 Å². The lowest BCUT2D eigenvalue weighted by molar-refractivity contribution is -0.116. The van der Waals surface area contributed by atoms with Crippen molar-refractivity contribution in [3.63, 3.8) is 0 Å². The molecule has 0 radical (unpaired) electrons. The van der Waals surface area contributed by atoms with Crippen LogP contribution in [-0.4, -0.2) is 21.8 Å².